The van der Waals surface area contributed by atoms with Crippen LogP contribution in [0, 0.1) is 11.8 Å². The van der Waals surface area contributed by atoms with Gasteiger partial charge in [-0.1, -0.05) is 30.2 Å². The lowest BCUT2D eigenvalue weighted by Crippen LogP contribution is -2.56. The third-order valence-corrected chi connectivity index (χ3v) is 13.0. The number of nitrogens with one attached hydrogen (secondary N) is 3. The predicted octanol–water partition coefficient (Wildman–Crippen LogP) is 5.62. The molecule has 3 saturated heterocycles. The number of carboxylic acid groups (broad SMARTS) is 1. The zero-order chi connectivity index (χ0) is 32.9. The lowest BCUT2D eigenvalue weighted by atomic mass is 9.73. The highest BCUT2D eigenvalue weighted by atomic mass is 35.5. The maximum absolute atomic E-state index is 14.4. The molecule has 4 fully saturated rings. The van der Waals surface area contributed by atoms with Gasteiger partial charge in [-0.2, -0.15) is 0 Å². The number of ether oxygens (including phenoxy) is 1. The van der Waals surface area contributed by atoms with Crippen molar-refractivity contribution in [3.05, 3.63) is 34.9 Å². The number of carbonyl (C=O) groups excluding carboxylic acids is 1. The normalized spacial score (nSPS) is 32.5. The molecule has 3 heterocycles. The van der Waals surface area contributed by atoms with Gasteiger partial charge < -0.3 is 25.8 Å². The Morgan fingerprint density at radius 2 is 1.91 bits per heavy atom. The van der Waals surface area contributed by atoms with Gasteiger partial charge in [0.2, 0.25) is 5.91 Å². The Hall–Kier alpha value is -1.44. The standard InChI is InChI=1S/C34H55ClN4O6S/c1-34(2)20-25(16-18-45-34)31(24-10-13-26(35)14-11-24)32(36-17-4-9-30(40)41)33(42)38-29-8-3-6-23(29)12-15-28-21-37-27-7-5-19-46(43,44)39(28)22-27/h10-11,13-14,23,25,27-29,31-32,36-37,43-44H,3-9,12,15-22H2,1-2H3,(H,38,42)(H,40,41)/t23-,25?,27?,28?,29-,31+,32-/m1/s1. The van der Waals surface area contributed by atoms with Crippen LogP contribution in [-0.4, -0.2) is 92.2 Å². The fraction of sp³-hybridized carbons (Fsp3) is 0.765. The molecule has 12 heteroatoms. The molecule has 0 radical (unpaired) electrons. The van der Waals surface area contributed by atoms with E-state index >= 15 is 0 Å². The van der Waals surface area contributed by atoms with Gasteiger partial charge in [-0.05, 0) is 108 Å². The molecule has 46 heavy (non-hydrogen) atoms. The number of fused-ring (bicyclic) bond motifs is 2. The van der Waals surface area contributed by atoms with Crippen LogP contribution in [0.3, 0.4) is 0 Å². The van der Waals surface area contributed by atoms with Crippen LogP contribution in [0.1, 0.15) is 96.0 Å². The van der Waals surface area contributed by atoms with Crippen LogP contribution in [0.25, 0.3) is 0 Å². The molecule has 1 aromatic rings. The Morgan fingerprint density at radius 3 is 2.65 bits per heavy atom. The second kappa shape index (κ2) is 15.8. The van der Waals surface area contributed by atoms with Gasteiger partial charge in [-0.25, -0.2) is 4.31 Å². The minimum atomic E-state index is -2.74. The average Bonchev–Trinajstić information content (AvgIpc) is 3.39. The molecule has 4 unspecified atom stereocenters. The molecule has 2 bridgehead atoms. The number of piperazine rings is 1. The molecule has 6 N–H and O–H groups in total. The van der Waals surface area contributed by atoms with Gasteiger partial charge in [0.1, 0.15) is 0 Å². The average molecular weight is 683 g/mol. The first-order valence-corrected chi connectivity index (χ1v) is 19.4. The summed E-state index contributed by atoms with van der Waals surface area (Å²) in [7, 11) is -2.74. The minimum Gasteiger partial charge on any atom is -0.481 e. The molecule has 260 valence electrons. The fourth-order valence-electron chi connectivity index (χ4n) is 8.41. The van der Waals surface area contributed by atoms with Crippen LogP contribution in [0.15, 0.2) is 24.3 Å². The van der Waals surface area contributed by atoms with Gasteiger partial charge in [0, 0.05) is 55.2 Å². The number of rotatable bonds is 13. The summed E-state index contributed by atoms with van der Waals surface area (Å²) in [6.07, 6.45) is 8.69. The van der Waals surface area contributed by atoms with Gasteiger partial charge in [0.15, 0.2) is 0 Å². The van der Waals surface area contributed by atoms with Crippen molar-refractivity contribution in [1.82, 2.24) is 20.3 Å². The van der Waals surface area contributed by atoms with Crippen molar-refractivity contribution in [3.8, 4) is 0 Å². The molecule has 8 atom stereocenters. The summed E-state index contributed by atoms with van der Waals surface area (Å²) in [5, 5.41) is 20.5. The Morgan fingerprint density at radius 1 is 1.13 bits per heavy atom. The zero-order valence-corrected chi connectivity index (χ0v) is 29.0. The van der Waals surface area contributed by atoms with Crippen molar-refractivity contribution in [2.75, 3.05) is 32.0 Å². The van der Waals surface area contributed by atoms with Gasteiger partial charge in [0.05, 0.1) is 17.4 Å². The Labute approximate surface area is 281 Å². The molecular weight excluding hydrogens is 628 g/mol. The molecule has 4 aliphatic rings. The first kappa shape index (κ1) is 35.9. The second-order valence-electron chi connectivity index (χ2n) is 14.6. The highest BCUT2D eigenvalue weighted by molar-refractivity contribution is 8.22. The van der Waals surface area contributed by atoms with Gasteiger partial charge in [0.25, 0.3) is 0 Å². The number of aliphatic carboxylic acids is 1. The van der Waals surface area contributed by atoms with Crippen molar-refractivity contribution in [3.63, 3.8) is 0 Å². The quantitative estimate of drug-likeness (QED) is 0.146. The number of benzene rings is 1. The van der Waals surface area contributed by atoms with Gasteiger partial charge in [-0.15, -0.1) is 10.8 Å². The van der Waals surface area contributed by atoms with Crippen molar-refractivity contribution < 1.29 is 28.5 Å². The lowest BCUT2D eigenvalue weighted by Gasteiger charge is -2.49. The van der Waals surface area contributed by atoms with Crippen molar-refractivity contribution in [1.29, 1.82) is 0 Å². The lowest BCUT2D eigenvalue weighted by molar-refractivity contribution is -0.137. The number of amides is 1. The summed E-state index contributed by atoms with van der Waals surface area (Å²) in [5.74, 6) is -0.0757. The highest BCUT2D eigenvalue weighted by Gasteiger charge is 2.42. The number of carbonyl (C=O) groups is 2. The monoisotopic (exact) mass is 682 g/mol. The van der Waals surface area contributed by atoms with Crippen molar-refractivity contribution >= 4 is 34.3 Å². The van der Waals surface area contributed by atoms with E-state index < -0.39 is 22.8 Å². The van der Waals surface area contributed by atoms with E-state index in [1.54, 1.807) is 0 Å². The van der Waals surface area contributed by atoms with Crippen LogP contribution >= 0.6 is 22.4 Å². The number of hydrogen-bond donors (Lipinski definition) is 6. The maximum Gasteiger partial charge on any atom is 0.303 e. The summed E-state index contributed by atoms with van der Waals surface area (Å²) >= 11 is 6.29. The SMILES string of the molecule is CC1(C)CC([C@H](c2ccc(Cl)cc2)[C@@H](NCCCC(=O)O)C(=O)N[C@@H]2CCC[C@@H]2CCC2CNC3CCCS(O)(O)N2C3)CCO1. The van der Waals surface area contributed by atoms with E-state index in [1.165, 1.54) is 0 Å². The summed E-state index contributed by atoms with van der Waals surface area (Å²) in [4.78, 5) is 25.7. The van der Waals surface area contributed by atoms with Crippen LogP contribution in [0.2, 0.25) is 5.02 Å². The van der Waals surface area contributed by atoms with E-state index in [0.717, 1.165) is 69.9 Å². The molecule has 1 aromatic carbocycles. The van der Waals surface area contributed by atoms with Gasteiger partial charge in [-0.3, -0.25) is 18.7 Å². The predicted molar refractivity (Wildman–Crippen MR) is 183 cm³/mol. The summed E-state index contributed by atoms with van der Waals surface area (Å²) < 4.78 is 29.9. The Kier molecular flexibility index (Phi) is 12.4. The molecule has 0 aromatic heterocycles. The number of nitrogens with zero attached hydrogens (tertiary/aromatic N) is 1. The number of hydrogen-bond acceptors (Lipinski definition) is 8. The van der Waals surface area contributed by atoms with E-state index in [2.05, 4.69) is 29.8 Å². The van der Waals surface area contributed by atoms with Crippen LogP contribution in [0.4, 0.5) is 0 Å². The first-order valence-electron chi connectivity index (χ1n) is 17.3. The minimum absolute atomic E-state index is 0.0413. The van der Waals surface area contributed by atoms with Crippen molar-refractivity contribution in [2.24, 2.45) is 11.8 Å². The molecule has 1 aliphatic carbocycles. The van der Waals surface area contributed by atoms with E-state index in [1.807, 2.05) is 28.6 Å². The largest absolute Gasteiger partial charge is 0.481 e. The highest BCUT2D eigenvalue weighted by Crippen LogP contribution is 2.49. The zero-order valence-electron chi connectivity index (χ0n) is 27.5. The summed E-state index contributed by atoms with van der Waals surface area (Å²) in [6.45, 7) is 6.69. The summed E-state index contributed by atoms with van der Waals surface area (Å²) in [6, 6.07) is 7.68. The van der Waals surface area contributed by atoms with Crippen LogP contribution in [-0.2, 0) is 14.3 Å². The molecule has 5 rings (SSSR count). The molecule has 1 saturated carbocycles. The number of carboxylic acids is 1. The topological polar surface area (TPSA) is 143 Å². The number of halogens is 1. The van der Waals surface area contributed by atoms with E-state index in [0.29, 0.717) is 48.9 Å². The molecule has 1 amide bonds. The summed E-state index contributed by atoms with van der Waals surface area (Å²) in [5.41, 5.74) is 0.735. The van der Waals surface area contributed by atoms with E-state index in [-0.39, 0.29) is 41.8 Å². The van der Waals surface area contributed by atoms with Crippen molar-refractivity contribution in [2.45, 2.75) is 120 Å². The first-order chi connectivity index (χ1) is 21.9. The molecule has 10 nitrogen and oxygen atoms in total. The fourth-order valence-corrected chi connectivity index (χ4v) is 10.4. The van der Waals surface area contributed by atoms with Crippen LogP contribution in [0.5, 0.6) is 0 Å². The second-order valence-corrected chi connectivity index (χ2v) is 17.2. The van der Waals surface area contributed by atoms with E-state index in [9.17, 15) is 23.8 Å². The molecule has 0 spiro atoms. The van der Waals surface area contributed by atoms with E-state index in [4.69, 9.17) is 16.3 Å². The maximum atomic E-state index is 14.4. The van der Waals surface area contributed by atoms with Crippen LogP contribution < -0.4 is 16.0 Å². The van der Waals surface area contributed by atoms with Gasteiger partial charge >= 0.3 is 5.97 Å². The Balaban J connectivity index is 1.31. The smallest absolute Gasteiger partial charge is 0.303 e. The molecular formula is C34H55ClN4O6S. The molecule has 3 aliphatic heterocycles. The third kappa shape index (κ3) is 9.37. The third-order valence-electron chi connectivity index (χ3n) is 10.7. The Bertz CT molecular complexity index is 1170.